The van der Waals surface area contributed by atoms with Crippen molar-refractivity contribution >= 4 is 11.7 Å². The number of nitrogens with zero attached hydrogens (tertiary/aromatic N) is 1. The van der Waals surface area contributed by atoms with Crippen LogP contribution in [0.1, 0.15) is 12.5 Å². The van der Waals surface area contributed by atoms with Crippen LogP contribution in [-0.4, -0.2) is 23.0 Å². The lowest BCUT2D eigenvalue weighted by Gasteiger charge is -2.09. The summed E-state index contributed by atoms with van der Waals surface area (Å²) in [7, 11) is 0. The van der Waals surface area contributed by atoms with Crippen molar-refractivity contribution in [3.63, 3.8) is 0 Å². The van der Waals surface area contributed by atoms with Crippen molar-refractivity contribution < 1.29 is 19.7 Å². The molecule has 90 valence electrons. The number of hydrogen-bond acceptors (Lipinski definition) is 6. The normalized spacial score (nSPS) is 14.8. The fourth-order valence-corrected chi connectivity index (χ4v) is 1.47. The molecular formula is C11H12N2O4. The summed E-state index contributed by atoms with van der Waals surface area (Å²) in [5.41, 5.74) is 3.26. The van der Waals surface area contributed by atoms with Gasteiger partial charge in [-0.2, -0.15) is 0 Å². The third-order valence-corrected chi connectivity index (χ3v) is 2.19. The minimum atomic E-state index is -0.581. The van der Waals surface area contributed by atoms with Gasteiger partial charge in [-0.25, -0.2) is 10.3 Å². The Bertz CT molecular complexity index is 444. The largest absolute Gasteiger partial charge is 0.461 e. The van der Waals surface area contributed by atoms with Crippen molar-refractivity contribution in [2.75, 3.05) is 6.61 Å². The molecule has 0 saturated heterocycles. The summed E-state index contributed by atoms with van der Waals surface area (Å²) in [6.45, 7) is 1.95. The highest BCUT2D eigenvalue weighted by Gasteiger charge is 2.29. The number of hydrogen-bond donors (Lipinski definition) is 2. The Hall–Kier alpha value is -2.05. The minimum absolute atomic E-state index is 0.0700. The van der Waals surface area contributed by atoms with E-state index in [-0.39, 0.29) is 18.0 Å². The Morgan fingerprint density at radius 2 is 2.18 bits per heavy atom. The van der Waals surface area contributed by atoms with E-state index in [1.54, 1.807) is 31.2 Å². The van der Waals surface area contributed by atoms with E-state index < -0.39 is 5.97 Å². The minimum Gasteiger partial charge on any atom is -0.461 e. The lowest BCUT2D eigenvalue weighted by molar-refractivity contribution is -0.307. The van der Waals surface area contributed by atoms with Crippen molar-refractivity contribution in [1.82, 2.24) is 10.7 Å². The highest BCUT2D eigenvalue weighted by molar-refractivity contribution is 5.96. The van der Waals surface area contributed by atoms with Crippen LogP contribution in [-0.2, 0) is 14.5 Å². The maximum absolute atomic E-state index is 11.6. The highest BCUT2D eigenvalue weighted by atomic mass is 17.0. The molecule has 0 bridgehead atoms. The molecule has 0 fully saturated rings. The molecule has 1 aromatic rings. The van der Waals surface area contributed by atoms with Crippen molar-refractivity contribution in [2.24, 2.45) is 0 Å². The van der Waals surface area contributed by atoms with Crippen LogP contribution in [0.3, 0.4) is 0 Å². The van der Waals surface area contributed by atoms with Gasteiger partial charge in [-0.1, -0.05) is 30.3 Å². The summed E-state index contributed by atoms with van der Waals surface area (Å²) in [5.74, 6) is -0.581. The number of nitrogens with one attached hydrogen (secondary N) is 1. The molecule has 0 aromatic heterocycles. The molecule has 2 rings (SSSR count). The van der Waals surface area contributed by atoms with Crippen LogP contribution in [0.15, 0.2) is 36.0 Å². The maximum atomic E-state index is 11.6. The molecule has 0 unspecified atom stereocenters. The van der Waals surface area contributed by atoms with Crippen molar-refractivity contribution in [3.8, 4) is 0 Å². The van der Waals surface area contributed by atoms with E-state index in [4.69, 9.17) is 4.74 Å². The van der Waals surface area contributed by atoms with Gasteiger partial charge < -0.3 is 4.74 Å². The van der Waals surface area contributed by atoms with E-state index in [2.05, 4.69) is 10.4 Å². The first-order valence-corrected chi connectivity index (χ1v) is 5.13. The third kappa shape index (κ3) is 2.22. The summed E-state index contributed by atoms with van der Waals surface area (Å²) in [6, 6.07) is 8.90. The van der Waals surface area contributed by atoms with Crippen LogP contribution in [0.5, 0.6) is 0 Å². The standard InChI is InChI=1S/C11H12N2O4/c1-2-16-11(14)9-10(13(15)17-12-9)8-6-4-3-5-7-8/h3-7,12,15H,2H2,1H3. The zero-order valence-corrected chi connectivity index (χ0v) is 9.21. The number of carbonyl (C=O) groups is 1. The molecule has 6 nitrogen and oxygen atoms in total. The van der Waals surface area contributed by atoms with Gasteiger partial charge in [-0.15, -0.1) is 10.2 Å². The predicted octanol–water partition coefficient (Wildman–Crippen LogP) is 1.06. The molecule has 1 aliphatic rings. The highest BCUT2D eigenvalue weighted by Crippen LogP contribution is 2.25. The number of hydroxylamine groups is 3. The molecular weight excluding hydrogens is 224 g/mol. The van der Waals surface area contributed by atoms with Gasteiger partial charge in [0.05, 0.1) is 6.61 Å². The zero-order chi connectivity index (χ0) is 12.3. The Morgan fingerprint density at radius 1 is 1.47 bits per heavy atom. The first-order valence-electron chi connectivity index (χ1n) is 5.13. The van der Waals surface area contributed by atoms with E-state index in [0.717, 1.165) is 0 Å². The number of ether oxygens (including phenoxy) is 1. The molecule has 6 heteroatoms. The molecule has 2 N–H and O–H groups in total. The second-order valence-corrected chi connectivity index (χ2v) is 3.28. The Morgan fingerprint density at radius 3 is 2.82 bits per heavy atom. The van der Waals surface area contributed by atoms with E-state index in [1.807, 2.05) is 6.07 Å². The summed E-state index contributed by atoms with van der Waals surface area (Å²) in [6.07, 6.45) is 0. The molecule has 17 heavy (non-hydrogen) atoms. The molecule has 0 radical (unpaired) electrons. The monoisotopic (exact) mass is 236 g/mol. The van der Waals surface area contributed by atoms with E-state index in [1.165, 1.54) is 0 Å². The van der Waals surface area contributed by atoms with Crippen molar-refractivity contribution in [2.45, 2.75) is 6.92 Å². The molecule has 0 saturated carbocycles. The fraction of sp³-hybridized carbons (Fsp3) is 0.182. The second-order valence-electron chi connectivity index (χ2n) is 3.28. The van der Waals surface area contributed by atoms with Gasteiger partial charge in [0.25, 0.3) is 0 Å². The molecule has 0 amide bonds. The van der Waals surface area contributed by atoms with Crippen molar-refractivity contribution in [1.29, 1.82) is 0 Å². The molecule has 0 atom stereocenters. The quantitative estimate of drug-likeness (QED) is 0.765. The SMILES string of the molecule is CCOC(=O)C1=C(c2ccccc2)N(O)ON1. The molecule has 1 aliphatic heterocycles. The van der Waals surface area contributed by atoms with Gasteiger partial charge in [0, 0.05) is 5.56 Å². The van der Waals surface area contributed by atoms with Gasteiger partial charge in [-0.05, 0) is 6.92 Å². The van der Waals surface area contributed by atoms with Crippen LogP contribution in [0.25, 0.3) is 5.70 Å². The lowest BCUT2D eigenvalue weighted by atomic mass is 10.1. The Balaban J connectivity index is 2.38. The predicted molar refractivity (Wildman–Crippen MR) is 57.8 cm³/mol. The summed E-state index contributed by atoms with van der Waals surface area (Å²) >= 11 is 0. The van der Waals surface area contributed by atoms with Gasteiger partial charge in [0.2, 0.25) is 0 Å². The number of benzene rings is 1. The first kappa shape index (κ1) is 11.4. The topological polar surface area (TPSA) is 71.0 Å². The average Bonchev–Trinajstić information content (AvgIpc) is 2.73. The number of esters is 1. The molecule has 0 aliphatic carbocycles. The van der Waals surface area contributed by atoms with E-state index >= 15 is 0 Å². The van der Waals surface area contributed by atoms with Crippen molar-refractivity contribution in [3.05, 3.63) is 41.6 Å². The first-order chi connectivity index (χ1) is 8.24. The summed E-state index contributed by atoms with van der Waals surface area (Å²) in [5, 5.41) is 10.0. The van der Waals surface area contributed by atoms with Crippen LogP contribution in [0.4, 0.5) is 0 Å². The molecule has 1 heterocycles. The smallest absolute Gasteiger partial charge is 0.359 e. The van der Waals surface area contributed by atoms with E-state index in [9.17, 15) is 10.0 Å². The van der Waals surface area contributed by atoms with Crippen LogP contribution < -0.4 is 5.48 Å². The Labute approximate surface area is 97.9 Å². The summed E-state index contributed by atoms with van der Waals surface area (Å²) < 4.78 is 4.85. The van der Waals surface area contributed by atoms with Gasteiger partial charge in [-0.3, -0.25) is 5.21 Å². The average molecular weight is 236 g/mol. The van der Waals surface area contributed by atoms with Gasteiger partial charge in [0.1, 0.15) is 5.70 Å². The second kappa shape index (κ2) is 4.86. The molecule has 1 aromatic carbocycles. The Kier molecular flexibility index (Phi) is 3.27. The number of rotatable bonds is 3. The van der Waals surface area contributed by atoms with E-state index in [0.29, 0.717) is 10.8 Å². The number of carbonyl (C=O) groups excluding carboxylic acids is 1. The van der Waals surface area contributed by atoms with Crippen LogP contribution in [0, 0.1) is 0 Å². The zero-order valence-electron chi connectivity index (χ0n) is 9.21. The van der Waals surface area contributed by atoms with Gasteiger partial charge in [0.15, 0.2) is 5.70 Å². The van der Waals surface area contributed by atoms with Crippen LogP contribution in [0.2, 0.25) is 0 Å². The third-order valence-electron chi connectivity index (χ3n) is 2.19. The van der Waals surface area contributed by atoms with Crippen LogP contribution >= 0.6 is 0 Å². The van der Waals surface area contributed by atoms with Gasteiger partial charge >= 0.3 is 5.97 Å². The fourth-order valence-electron chi connectivity index (χ4n) is 1.47. The summed E-state index contributed by atoms with van der Waals surface area (Å²) in [4.78, 5) is 16.3. The lowest BCUT2D eigenvalue weighted by Crippen LogP contribution is -2.19. The maximum Gasteiger partial charge on any atom is 0.359 e. The molecule has 0 spiro atoms.